The zero-order chi connectivity index (χ0) is 20.6. The van der Waals surface area contributed by atoms with Crippen LogP contribution in [-0.2, 0) is 4.79 Å². The molecule has 0 radical (unpaired) electrons. The van der Waals surface area contributed by atoms with Crippen LogP contribution in [0.1, 0.15) is 23.1 Å². The molecule has 8 heteroatoms. The smallest absolute Gasteiger partial charge is 0.230 e. The molecule has 0 unspecified atom stereocenters. The summed E-state index contributed by atoms with van der Waals surface area (Å²) in [5.41, 5.74) is 4.48. The first kappa shape index (κ1) is 20.9. The molecule has 2 aromatic heterocycles. The van der Waals surface area contributed by atoms with Crippen LogP contribution in [0.15, 0.2) is 41.8 Å². The van der Waals surface area contributed by atoms with Crippen LogP contribution in [0.3, 0.4) is 0 Å². The second-order valence-corrected chi connectivity index (χ2v) is 7.69. The van der Waals surface area contributed by atoms with E-state index in [9.17, 15) is 4.79 Å². The number of nitrogens with one attached hydrogen (secondary N) is 2. The van der Waals surface area contributed by atoms with Crippen molar-refractivity contribution in [2.75, 3.05) is 18.9 Å². The minimum absolute atomic E-state index is 0.0483. The van der Waals surface area contributed by atoms with Crippen LogP contribution in [0.2, 0.25) is 0 Å². The molecule has 0 aliphatic rings. The Morgan fingerprint density at radius 2 is 2.00 bits per heavy atom. The molecule has 0 aliphatic carbocycles. The summed E-state index contributed by atoms with van der Waals surface area (Å²) in [6.45, 7) is 7.34. The van der Waals surface area contributed by atoms with E-state index in [1.807, 2.05) is 12.1 Å². The predicted molar refractivity (Wildman–Crippen MR) is 114 cm³/mol. The molecular formula is C21H25N5O2S. The summed E-state index contributed by atoms with van der Waals surface area (Å²) in [5, 5.41) is 10.5. The van der Waals surface area contributed by atoms with Gasteiger partial charge in [0.2, 0.25) is 11.1 Å². The summed E-state index contributed by atoms with van der Waals surface area (Å²) in [6, 6.07) is 7.90. The monoisotopic (exact) mass is 411 g/mol. The number of H-pyrrole nitrogens is 1. The normalized spacial score (nSPS) is 10.7. The molecule has 2 heterocycles. The molecule has 1 amide bonds. The van der Waals surface area contributed by atoms with Gasteiger partial charge < -0.3 is 10.1 Å². The largest absolute Gasteiger partial charge is 0.493 e. The quantitative estimate of drug-likeness (QED) is 0.414. The number of hydrogen-bond donors (Lipinski definition) is 2. The number of aryl methyl sites for hydroxylation is 2. The van der Waals surface area contributed by atoms with Gasteiger partial charge in [0.1, 0.15) is 5.75 Å². The molecule has 3 rings (SSSR count). The first-order chi connectivity index (χ1) is 14.0. The maximum Gasteiger partial charge on any atom is 0.230 e. The van der Waals surface area contributed by atoms with Gasteiger partial charge >= 0.3 is 0 Å². The Morgan fingerprint density at radius 1 is 1.21 bits per heavy atom. The van der Waals surface area contributed by atoms with Crippen molar-refractivity contribution in [1.29, 1.82) is 0 Å². The van der Waals surface area contributed by atoms with Crippen molar-refractivity contribution in [3.8, 4) is 17.1 Å². The second kappa shape index (κ2) is 10.1. The Kier molecular flexibility index (Phi) is 7.24. The lowest BCUT2D eigenvalue weighted by Gasteiger charge is -2.12. The first-order valence-electron chi connectivity index (χ1n) is 9.46. The number of carbonyl (C=O) groups excluding carboxylic acids is 1. The number of nitrogens with zero attached hydrogens (tertiary/aromatic N) is 3. The predicted octanol–water partition coefficient (Wildman–Crippen LogP) is 3.47. The molecule has 0 saturated heterocycles. The topological polar surface area (TPSA) is 92.8 Å². The third-order valence-electron chi connectivity index (χ3n) is 4.42. The standard InChI is InChI=1S/C21H25N5O2S/c1-14-11-15(2)16(3)18(12-14)28-10-4-7-23-19(27)13-29-21-24-20(25-26-21)17-5-8-22-9-6-17/h5-6,8-9,11-12H,4,7,10,13H2,1-3H3,(H,23,27)(H,24,25,26). The highest BCUT2D eigenvalue weighted by Gasteiger charge is 2.09. The summed E-state index contributed by atoms with van der Waals surface area (Å²) < 4.78 is 5.87. The van der Waals surface area contributed by atoms with Crippen LogP contribution < -0.4 is 10.1 Å². The van der Waals surface area contributed by atoms with E-state index in [0.29, 0.717) is 24.1 Å². The minimum Gasteiger partial charge on any atom is -0.493 e. The number of benzene rings is 1. The van der Waals surface area contributed by atoms with Gasteiger partial charge in [-0.25, -0.2) is 4.98 Å². The molecule has 0 atom stereocenters. The summed E-state index contributed by atoms with van der Waals surface area (Å²) >= 11 is 1.30. The number of amides is 1. The molecule has 0 fully saturated rings. The fourth-order valence-corrected chi connectivity index (χ4v) is 3.39. The SMILES string of the molecule is Cc1cc(C)c(C)c(OCCCNC(=O)CSc2n[nH]c(-c3ccncc3)n2)c1. The second-order valence-electron chi connectivity index (χ2n) is 6.75. The zero-order valence-corrected chi connectivity index (χ0v) is 17.7. The lowest BCUT2D eigenvalue weighted by molar-refractivity contribution is -0.118. The molecule has 152 valence electrons. The lowest BCUT2D eigenvalue weighted by Crippen LogP contribution is -2.27. The molecular weight excluding hydrogens is 386 g/mol. The Bertz CT molecular complexity index is 959. The number of rotatable bonds is 9. The van der Waals surface area contributed by atoms with Gasteiger partial charge in [-0.3, -0.25) is 14.9 Å². The van der Waals surface area contributed by atoms with Crippen molar-refractivity contribution in [2.24, 2.45) is 0 Å². The van der Waals surface area contributed by atoms with E-state index in [2.05, 4.69) is 58.4 Å². The van der Waals surface area contributed by atoms with Crippen LogP contribution in [-0.4, -0.2) is 45.0 Å². The third kappa shape index (κ3) is 6.05. The molecule has 0 spiro atoms. The van der Waals surface area contributed by atoms with Crippen molar-refractivity contribution in [3.05, 3.63) is 53.3 Å². The van der Waals surface area contributed by atoms with Crippen molar-refractivity contribution >= 4 is 17.7 Å². The van der Waals surface area contributed by atoms with E-state index < -0.39 is 0 Å². The summed E-state index contributed by atoms with van der Waals surface area (Å²) in [4.78, 5) is 20.4. The molecule has 1 aromatic carbocycles. The van der Waals surface area contributed by atoms with E-state index in [0.717, 1.165) is 23.3 Å². The van der Waals surface area contributed by atoms with Crippen LogP contribution in [0, 0.1) is 20.8 Å². The zero-order valence-electron chi connectivity index (χ0n) is 16.9. The van der Waals surface area contributed by atoms with Crippen molar-refractivity contribution < 1.29 is 9.53 Å². The Balaban J connectivity index is 1.35. The third-order valence-corrected chi connectivity index (χ3v) is 5.26. The van der Waals surface area contributed by atoms with Gasteiger partial charge in [-0.1, -0.05) is 17.8 Å². The minimum atomic E-state index is -0.0483. The maximum atomic E-state index is 12.0. The Morgan fingerprint density at radius 3 is 2.79 bits per heavy atom. The highest BCUT2D eigenvalue weighted by Crippen LogP contribution is 2.23. The van der Waals surface area contributed by atoms with Gasteiger partial charge in [0.15, 0.2) is 5.82 Å². The van der Waals surface area contributed by atoms with Crippen molar-refractivity contribution in [2.45, 2.75) is 32.3 Å². The van der Waals surface area contributed by atoms with E-state index in [-0.39, 0.29) is 11.7 Å². The number of aromatic amines is 1. The van der Waals surface area contributed by atoms with E-state index >= 15 is 0 Å². The maximum absolute atomic E-state index is 12.0. The van der Waals surface area contributed by atoms with Gasteiger partial charge in [-0.15, -0.1) is 5.10 Å². The highest BCUT2D eigenvalue weighted by atomic mass is 32.2. The molecule has 0 bridgehead atoms. The number of pyridine rings is 1. The molecule has 0 saturated carbocycles. The van der Waals surface area contributed by atoms with Gasteiger partial charge in [0.05, 0.1) is 12.4 Å². The van der Waals surface area contributed by atoms with Crippen LogP contribution in [0.4, 0.5) is 0 Å². The Labute approximate surface area is 174 Å². The van der Waals surface area contributed by atoms with Gasteiger partial charge in [0.25, 0.3) is 0 Å². The average Bonchev–Trinajstić information content (AvgIpc) is 3.19. The summed E-state index contributed by atoms with van der Waals surface area (Å²) in [5.74, 6) is 1.80. The molecule has 3 aromatic rings. The van der Waals surface area contributed by atoms with Crippen LogP contribution in [0.5, 0.6) is 5.75 Å². The summed E-state index contributed by atoms with van der Waals surface area (Å²) in [6.07, 6.45) is 4.14. The molecule has 2 N–H and O–H groups in total. The van der Waals surface area contributed by atoms with E-state index in [1.54, 1.807) is 12.4 Å². The number of aromatic nitrogens is 4. The first-order valence-corrected chi connectivity index (χ1v) is 10.4. The van der Waals surface area contributed by atoms with Crippen LogP contribution in [0.25, 0.3) is 11.4 Å². The number of hydrogen-bond acceptors (Lipinski definition) is 6. The number of ether oxygens (including phenoxy) is 1. The highest BCUT2D eigenvalue weighted by molar-refractivity contribution is 7.99. The molecule has 0 aliphatic heterocycles. The lowest BCUT2D eigenvalue weighted by atomic mass is 10.1. The molecule has 29 heavy (non-hydrogen) atoms. The van der Waals surface area contributed by atoms with Gasteiger partial charge in [-0.2, -0.15) is 0 Å². The van der Waals surface area contributed by atoms with Crippen molar-refractivity contribution in [3.63, 3.8) is 0 Å². The fraction of sp³-hybridized carbons (Fsp3) is 0.333. The number of carbonyl (C=O) groups is 1. The average molecular weight is 412 g/mol. The van der Waals surface area contributed by atoms with E-state index in [1.165, 1.54) is 22.9 Å². The number of thioether (sulfide) groups is 1. The van der Waals surface area contributed by atoms with Crippen molar-refractivity contribution in [1.82, 2.24) is 25.5 Å². The van der Waals surface area contributed by atoms with Gasteiger partial charge in [0, 0.05) is 24.5 Å². The molecule has 7 nitrogen and oxygen atoms in total. The van der Waals surface area contributed by atoms with E-state index in [4.69, 9.17) is 4.74 Å². The summed E-state index contributed by atoms with van der Waals surface area (Å²) in [7, 11) is 0. The fourth-order valence-electron chi connectivity index (χ4n) is 2.76. The van der Waals surface area contributed by atoms with Crippen LogP contribution >= 0.6 is 11.8 Å². The Hall–Kier alpha value is -2.87. The van der Waals surface area contributed by atoms with Gasteiger partial charge in [-0.05, 0) is 62.1 Å².